The van der Waals surface area contributed by atoms with Gasteiger partial charge in [-0.05, 0) is 6.07 Å². The van der Waals surface area contributed by atoms with Crippen molar-refractivity contribution in [1.82, 2.24) is 4.72 Å². The number of aliphatic hydroxyl groups excluding tert-OH is 1. The molecule has 0 radical (unpaired) electrons. The zero-order valence-corrected chi connectivity index (χ0v) is 10.5. The Balaban J connectivity index is 2.94. The minimum absolute atomic E-state index is 0.384. The van der Waals surface area contributed by atoms with Crippen LogP contribution in [-0.4, -0.2) is 37.5 Å². The van der Waals surface area contributed by atoms with Crippen LogP contribution in [0, 0.1) is 15.9 Å². The van der Waals surface area contributed by atoms with E-state index >= 15 is 0 Å². The molecule has 1 aromatic rings. The third-order valence-corrected chi connectivity index (χ3v) is 3.62. The Hall–Kier alpha value is -1.72. The summed E-state index contributed by atoms with van der Waals surface area (Å²) in [4.78, 5) is 8.64. The third kappa shape index (κ3) is 3.88. The Labute approximate surface area is 111 Å². The summed E-state index contributed by atoms with van der Waals surface area (Å²) >= 11 is 0. The average Bonchev–Trinajstić information content (AvgIpc) is 2.35. The van der Waals surface area contributed by atoms with E-state index in [1.165, 1.54) is 0 Å². The minimum Gasteiger partial charge on any atom is -0.386 e. The maximum absolute atomic E-state index is 13.3. The molecular formula is C9H9F3N2O5S. The van der Waals surface area contributed by atoms with Gasteiger partial charge in [0.1, 0.15) is 6.10 Å². The Morgan fingerprint density at radius 2 is 2.00 bits per heavy atom. The van der Waals surface area contributed by atoms with E-state index < -0.39 is 50.4 Å². The van der Waals surface area contributed by atoms with Crippen molar-refractivity contribution in [2.45, 2.75) is 17.4 Å². The lowest BCUT2D eigenvalue weighted by atomic mass is 10.3. The van der Waals surface area contributed by atoms with E-state index in [2.05, 4.69) is 0 Å². The highest BCUT2D eigenvalue weighted by molar-refractivity contribution is 7.89. The van der Waals surface area contributed by atoms with Gasteiger partial charge in [-0.2, -0.15) is 4.39 Å². The lowest BCUT2D eigenvalue weighted by molar-refractivity contribution is -0.387. The zero-order chi connectivity index (χ0) is 15.5. The van der Waals surface area contributed by atoms with Crippen LogP contribution in [0.1, 0.15) is 0 Å². The molecule has 1 aromatic carbocycles. The van der Waals surface area contributed by atoms with E-state index in [-0.39, 0.29) is 0 Å². The van der Waals surface area contributed by atoms with Crippen molar-refractivity contribution in [2.75, 3.05) is 6.54 Å². The molecule has 0 spiro atoms. The summed E-state index contributed by atoms with van der Waals surface area (Å²) in [5, 5.41) is 19.1. The average molecular weight is 314 g/mol. The molecule has 0 saturated heterocycles. The number of hydrogen-bond donors (Lipinski definition) is 2. The van der Waals surface area contributed by atoms with Crippen molar-refractivity contribution in [3.63, 3.8) is 0 Å². The van der Waals surface area contributed by atoms with Crippen molar-refractivity contribution in [1.29, 1.82) is 0 Å². The summed E-state index contributed by atoms with van der Waals surface area (Å²) in [6.07, 6.45) is -5.36. The van der Waals surface area contributed by atoms with Gasteiger partial charge in [0.05, 0.1) is 9.82 Å². The first-order chi connectivity index (χ1) is 9.15. The van der Waals surface area contributed by atoms with Gasteiger partial charge in [0.15, 0.2) is 0 Å². The van der Waals surface area contributed by atoms with Gasteiger partial charge < -0.3 is 5.11 Å². The molecule has 0 aliphatic rings. The maximum Gasteiger partial charge on any atom is 0.304 e. The SMILES string of the molecule is O=[N+]([O-])c1ccc(S(=O)(=O)NCC(O)C(F)F)cc1F. The van der Waals surface area contributed by atoms with Crippen molar-refractivity contribution < 1.29 is 31.6 Å². The van der Waals surface area contributed by atoms with Gasteiger partial charge in [0.2, 0.25) is 15.8 Å². The van der Waals surface area contributed by atoms with Crippen molar-refractivity contribution >= 4 is 15.7 Å². The highest BCUT2D eigenvalue weighted by atomic mass is 32.2. The molecule has 0 bridgehead atoms. The number of alkyl halides is 2. The summed E-state index contributed by atoms with van der Waals surface area (Å²) < 4.78 is 62.1. The fraction of sp³-hybridized carbons (Fsp3) is 0.333. The maximum atomic E-state index is 13.3. The standard InChI is InChI=1S/C9H9F3N2O5S/c10-6-3-5(1-2-7(6)14(16)17)20(18,19)13-4-8(15)9(11)12/h1-3,8-9,13,15H,4H2. The molecule has 0 aliphatic heterocycles. The van der Waals surface area contributed by atoms with Gasteiger partial charge in [0, 0.05) is 18.7 Å². The van der Waals surface area contributed by atoms with Gasteiger partial charge in [-0.1, -0.05) is 0 Å². The van der Waals surface area contributed by atoms with Gasteiger partial charge >= 0.3 is 5.69 Å². The van der Waals surface area contributed by atoms with Crippen LogP contribution in [0.25, 0.3) is 0 Å². The Morgan fingerprint density at radius 3 is 2.45 bits per heavy atom. The Bertz CT molecular complexity index is 608. The molecule has 1 unspecified atom stereocenters. The highest BCUT2D eigenvalue weighted by Gasteiger charge is 2.23. The summed E-state index contributed by atoms with van der Waals surface area (Å²) in [5.74, 6) is -1.38. The van der Waals surface area contributed by atoms with Crippen LogP contribution >= 0.6 is 0 Å². The fourth-order valence-electron chi connectivity index (χ4n) is 1.17. The van der Waals surface area contributed by atoms with E-state index in [4.69, 9.17) is 5.11 Å². The molecule has 1 atom stereocenters. The second-order valence-corrected chi connectivity index (χ2v) is 5.39. The Morgan fingerprint density at radius 1 is 1.40 bits per heavy atom. The van der Waals surface area contributed by atoms with E-state index in [9.17, 15) is 31.7 Å². The van der Waals surface area contributed by atoms with Crippen LogP contribution in [0.5, 0.6) is 0 Å². The second kappa shape index (κ2) is 6.15. The molecule has 112 valence electrons. The van der Waals surface area contributed by atoms with E-state index in [0.717, 1.165) is 6.07 Å². The molecular weight excluding hydrogens is 305 g/mol. The van der Waals surface area contributed by atoms with E-state index in [1.807, 2.05) is 0 Å². The first-order valence-electron chi connectivity index (χ1n) is 5.05. The lowest BCUT2D eigenvalue weighted by Crippen LogP contribution is -2.35. The van der Waals surface area contributed by atoms with Crippen LogP contribution in [-0.2, 0) is 10.0 Å². The molecule has 11 heteroatoms. The van der Waals surface area contributed by atoms with Gasteiger partial charge in [0.25, 0.3) is 6.43 Å². The number of aliphatic hydroxyl groups is 1. The lowest BCUT2D eigenvalue weighted by Gasteiger charge is -2.11. The molecule has 0 fully saturated rings. The topological polar surface area (TPSA) is 110 Å². The van der Waals surface area contributed by atoms with Crippen LogP contribution in [0.3, 0.4) is 0 Å². The normalized spacial score (nSPS) is 13.4. The number of nitro groups is 1. The van der Waals surface area contributed by atoms with Gasteiger partial charge in [-0.25, -0.2) is 21.9 Å². The molecule has 0 saturated carbocycles. The number of nitro benzene ring substituents is 1. The van der Waals surface area contributed by atoms with Crippen LogP contribution in [0.15, 0.2) is 23.1 Å². The molecule has 0 aromatic heterocycles. The number of sulfonamides is 1. The van der Waals surface area contributed by atoms with Crippen molar-refractivity contribution in [3.8, 4) is 0 Å². The summed E-state index contributed by atoms with van der Waals surface area (Å²) in [6.45, 7) is -0.974. The van der Waals surface area contributed by atoms with Crippen LogP contribution < -0.4 is 4.72 Å². The predicted octanol–water partition coefficient (Wildman–Crippen LogP) is 0.638. The fourth-order valence-corrected chi connectivity index (χ4v) is 2.23. The van der Waals surface area contributed by atoms with E-state index in [0.29, 0.717) is 12.1 Å². The minimum atomic E-state index is -4.36. The van der Waals surface area contributed by atoms with Crippen LogP contribution in [0.4, 0.5) is 18.9 Å². The third-order valence-electron chi connectivity index (χ3n) is 2.20. The first kappa shape index (κ1) is 16.3. The largest absolute Gasteiger partial charge is 0.386 e. The predicted molar refractivity (Wildman–Crippen MR) is 60.3 cm³/mol. The molecule has 1 rings (SSSR count). The molecule has 7 nitrogen and oxygen atoms in total. The number of rotatable bonds is 6. The molecule has 0 amide bonds. The number of nitrogens with zero attached hydrogens (tertiary/aromatic N) is 1. The highest BCUT2D eigenvalue weighted by Crippen LogP contribution is 2.20. The molecule has 0 aliphatic carbocycles. The smallest absolute Gasteiger partial charge is 0.304 e. The molecule has 20 heavy (non-hydrogen) atoms. The summed E-state index contributed by atoms with van der Waals surface area (Å²) in [6, 6.07) is 1.76. The van der Waals surface area contributed by atoms with Crippen LogP contribution in [0.2, 0.25) is 0 Å². The molecule has 0 heterocycles. The zero-order valence-electron chi connectivity index (χ0n) is 9.66. The quantitative estimate of drug-likeness (QED) is 0.591. The van der Waals surface area contributed by atoms with E-state index in [1.54, 1.807) is 4.72 Å². The molecule has 2 N–H and O–H groups in total. The first-order valence-corrected chi connectivity index (χ1v) is 6.53. The number of halogens is 3. The van der Waals surface area contributed by atoms with Gasteiger partial charge in [-0.3, -0.25) is 10.1 Å². The summed E-state index contributed by atoms with van der Waals surface area (Å²) in [5.41, 5.74) is -0.920. The number of hydrogen-bond acceptors (Lipinski definition) is 5. The second-order valence-electron chi connectivity index (χ2n) is 3.62. The summed E-state index contributed by atoms with van der Waals surface area (Å²) in [7, 11) is -4.36. The van der Waals surface area contributed by atoms with Gasteiger partial charge in [-0.15, -0.1) is 0 Å². The van der Waals surface area contributed by atoms with Crippen molar-refractivity contribution in [3.05, 3.63) is 34.1 Å². The Kier molecular flexibility index (Phi) is 5.03. The van der Waals surface area contributed by atoms with Crippen molar-refractivity contribution in [2.24, 2.45) is 0 Å². The number of nitrogens with one attached hydrogen (secondary N) is 1. The number of benzene rings is 1. The monoisotopic (exact) mass is 314 g/mol.